The largest absolute Gasteiger partial charge is 0.497 e. The van der Waals surface area contributed by atoms with Crippen LogP contribution in [0, 0.1) is 0 Å². The fourth-order valence-corrected chi connectivity index (χ4v) is 5.37. The first-order valence-corrected chi connectivity index (χ1v) is 13.1. The molecule has 0 aliphatic heterocycles. The Labute approximate surface area is 219 Å². The minimum absolute atomic E-state index is 0.131. The van der Waals surface area contributed by atoms with E-state index in [1.165, 1.54) is 16.1 Å². The Morgan fingerprint density at radius 3 is 2.51 bits per heavy atom. The highest BCUT2D eigenvalue weighted by Crippen LogP contribution is 2.32. The summed E-state index contributed by atoms with van der Waals surface area (Å²) in [4.78, 5) is 31.1. The predicted octanol–water partition coefficient (Wildman–Crippen LogP) is 4.24. The van der Waals surface area contributed by atoms with Crippen molar-refractivity contribution in [2.45, 2.75) is 44.3 Å². The lowest BCUT2D eigenvalue weighted by Gasteiger charge is -2.31. The number of nitrogens with one attached hydrogen (secondary N) is 1. The minimum Gasteiger partial charge on any atom is -0.497 e. The van der Waals surface area contributed by atoms with Crippen molar-refractivity contribution in [3.8, 4) is 17.1 Å². The zero-order valence-electron chi connectivity index (χ0n) is 20.5. The summed E-state index contributed by atoms with van der Waals surface area (Å²) in [7, 11) is 1.60. The van der Waals surface area contributed by atoms with Crippen LogP contribution < -0.4 is 15.0 Å². The van der Waals surface area contributed by atoms with Gasteiger partial charge in [-0.2, -0.15) is 4.80 Å². The van der Waals surface area contributed by atoms with Crippen molar-refractivity contribution in [1.29, 1.82) is 0 Å². The van der Waals surface area contributed by atoms with E-state index in [9.17, 15) is 9.59 Å². The van der Waals surface area contributed by atoms with E-state index >= 15 is 0 Å². The molecule has 1 N–H and O–H groups in total. The number of anilines is 1. The number of benzene rings is 2. The molecule has 5 rings (SSSR count). The predicted molar refractivity (Wildman–Crippen MR) is 141 cm³/mol. The molecule has 2 aromatic carbocycles. The van der Waals surface area contributed by atoms with Crippen LogP contribution in [0.2, 0.25) is 0 Å². The van der Waals surface area contributed by atoms with E-state index < -0.39 is 6.04 Å². The number of carbonyl (C=O) groups is 2. The van der Waals surface area contributed by atoms with Crippen molar-refractivity contribution in [3.63, 3.8) is 0 Å². The van der Waals surface area contributed by atoms with E-state index in [1.807, 2.05) is 72.1 Å². The first kappa shape index (κ1) is 24.6. The van der Waals surface area contributed by atoms with Crippen LogP contribution in [0.1, 0.15) is 36.6 Å². The molecular formula is C27H28N6O3S. The highest BCUT2D eigenvalue weighted by atomic mass is 32.1. The maximum absolute atomic E-state index is 13.8. The number of amides is 2. The summed E-state index contributed by atoms with van der Waals surface area (Å²) in [5.74, 6) is 0.623. The second kappa shape index (κ2) is 11.3. The minimum atomic E-state index is -0.805. The third kappa shape index (κ3) is 5.69. The molecule has 1 saturated carbocycles. The molecule has 9 nitrogen and oxygen atoms in total. The van der Waals surface area contributed by atoms with Crippen LogP contribution in [0.5, 0.6) is 5.75 Å². The number of ether oxygens (including phenoxy) is 1. The van der Waals surface area contributed by atoms with E-state index in [0.29, 0.717) is 11.5 Å². The zero-order chi connectivity index (χ0) is 25.6. The summed E-state index contributed by atoms with van der Waals surface area (Å²) in [6, 6.07) is 19.6. The topological polar surface area (TPSA) is 102 Å². The van der Waals surface area contributed by atoms with Crippen molar-refractivity contribution in [2.75, 3.05) is 12.0 Å². The van der Waals surface area contributed by atoms with Crippen LogP contribution in [0.3, 0.4) is 0 Å². The van der Waals surface area contributed by atoms with Gasteiger partial charge in [-0.25, -0.2) is 0 Å². The van der Waals surface area contributed by atoms with Crippen molar-refractivity contribution in [3.05, 3.63) is 77.0 Å². The zero-order valence-corrected chi connectivity index (χ0v) is 21.3. The third-order valence-electron chi connectivity index (χ3n) is 6.40. The molecule has 1 fully saturated rings. The molecule has 37 heavy (non-hydrogen) atoms. The van der Waals surface area contributed by atoms with E-state index in [4.69, 9.17) is 4.74 Å². The number of tetrazole rings is 1. The van der Waals surface area contributed by atoms with E-state index in [2.05, 4.69) is 20.7 Å². The third-order valence-corrected chi connectivity index (χ3v) is 7.33. The SMILES string of the molecule is COc1ccc(-c2nnn(CC(=O)N(c3ccccc3)[C@@H](C(=O)NC3CCCC3)c3cccs3)n2)cc1. The van der Waals surface area contributed by atoms with Gasteiger partial charge in [-0.05, 0) is 65.9 Å². The van der Waals surface area contributed by atoms with Gasteiger partial charge >= 0.3 is 0 Å². The molecule has 2 amide bonds. The van der Waals surface area contributed by atoms with Gasteiger partial charge in [0.15, 0.2) is 0 Å². The molecule has 2 heterocycles. The number of rotatable bonds is 9. The standard InChI is InChI=1S/C27H28N6O3S/c1-36-22-15-13-19(14-16-22)26-29-31-32(30-26)18-24(34)33(21-10-3-2-4-11-21)25(23-12-7-17-37-23)27(35)28-20-8-5-6-9-20/h2-4,7,10-17,20,25H,5-6,8-9,18H2,1H3,(H,28,35)/t25-/m1/s1. The fourth-order valence-electron chi connectivity index (χ4n) is 4.56. The molecule has 0 spiro atoms. The molecule has 1 aliphatic rings. The Balaban J connectivity index is 1.43. The maximum Gasteiger partial charge on any atom is 0.251 e. The van der Waals surface area contributed by atoms with E-state index in [0.717, 1.165) is 41.9 Å². The molecule has 0 saturated heterocycles. The van der Waals surface area contributed by atoms with Gasteiger partial charge in [-0.15, -0.1) is 21.5 Å². The van der Waals surface area contributed by atoms with Crippen molar-refractivity contribution in [2.24, 2.45) is 0 Å². The number of aromatic nitrogens is 4. The Kier molecular flexibility index (Phi) is 7.55. The Morgan fingerprint density at radius 2 is 1.84 bits per heavy atom. The molecule has 2 aromatic heterocycles. The summed E-state index contributed by atoms with van der Waals surface area (Å²) in [6.07, 6.45) is 4.12. The lowest BCUT2D eigenvalue weighted by molar-refractivity contribution is -0.127. The van der Waals surface area contributed by atoms with Crippen LogP contribution in [0.25, 0.3) is 11.4 Å². The average molecular weight is 517 g/mol. The average Bonchev–Trinajstić information content (AvgIpc) is 3.71. The van der Waals surface area contributed by atoms with Crippen molar-refractivity contribution in [1.82, 2.24) is 25.5 Å². The van der Waals surface area contributed by atoms with Gasteiger partial charge in [-0.1, -0.05) is 37.1 Å². The van der Waals surface area contributed by atoms with Crippen LogP contribution in [0.4, 0.5) is 5.69 Å². The van der Waals surface area contributed by atoms with Crippen LogP contribution in [-0.4, -0.2) is 45.2 Å². The van der Waals surface area contributed by atoms with E-state index in [-0.39, 0.29) is 24.4 Å². The van der Waals surface area contributed by atoms with Crippen LogP contribution in [0.15, 0.2) is 72.1 Å². The molecule has 0 radical (unpaired) electrons. The van der Waals surface area contributed by atoms with Gasteiger partial charge < -0.3 is 10.1 Å². The Morgan fingerprint density at radius 1 is 1.08 bits per heavy atom. The Hall–Kier alpha value is -4.05. The molecule has 1 atom stereocenters. The number of thiophene rings is 1. The Bertz CT molecular complexity index is 1320. The molecule has 1 aliphatic carbocycles. The number of methoxy groups -OCH3 is 1. The molecular weight excluding hydrogens is 488 g/mol. The summed E-state index contributed by atoms with van der Waals surface area (Å²) in [5, 5.41) is 17.7. The quantitative estimate of drug-likeness (QED) is 0.357. The van der Waals surface area contributed by atoms with Gasteiger partial charge in [0.2, 0.25) is 11.7 Å². The summed E-state index contributed by atoms with van der Waals surface area (Å²) in [5.41, 5.74) is 1.38. The van der Waals surface area contributed by atoms with Crippen LogP contribution in [-0.2, 0) is 16.1 Å². The molecule has 0 bridgehead atoms. The lowest BCUT2D eigenvalue weighted by atomic mass is 10.1. The normalized spacial score (nSPS) is 14.3. The second-order valence-electron chi connectivity index (χ2n) is 8.88. The van der Waals surface area contributed by atoms with Gasteiger partial charge in [0, 0.05) is 22.2 Å². The summed E-state index contributed by atoms with van der Waals surface area (Å²) < 4.78 is 5.20. The number of carbonyl (C=O) groups excluding carboxylic acids is 2. The maximum atomic E-state index is 13.8. The second-order valence-corrected chi connectivity index (χ2v) is 9.86. The van der Waals surface area contributed by atoms with Gasteiger partial charge in [0.25, 0.3) is 5.91 Å². The molecule has 0 unspecified atom stereocenters. The highest BCUT2D eigenvalue weighted by molar-refractivity contribution is 7.10. The van der Waals surface area contributed by atoms with Crippen molar-refractivity contribution < 1.29 is 14.3 Å². The monoisotopic (exact) mass is 516 g/mol. The molecule has 10 heteroatoms. The fraction of sp³-hybridized carbons (Fsp3) is 0.296. The van der Waals surface area contributed by atoms with Gasteiger partial charge in [-0.3, -0.25) is 14.5 Å². The molecule has 190 valence electrons. The van der Waals surface area contributed by atoms with Crippen LogP contribution >= 0.6 is 11.3 Å². The summed E-state index contributed by atoms with van der Waals surface area (Å²) in [6.45, 7) is -0.170. The smallest absolute Gasteiger partial charge is 0.251 e. The van der Waals surface area contributed by atoms with Gasteiger partial charge in [0.05, 0.1) is 7.11 Å². The number of para-hydroxylation sites is 1. The number of hydrogen-bond acceptors (Lipinski definition) is 7. The highest BCUT2D eigenvalue weighted by Gasteiger charge is 2.35. The first-order valence-electron chi connectivity index (χ1n) is 12.3. The van der Waals surface area contributed by atoms with Crippen molar-refractivity contribution >= 4 is 28.8 Å². The van der Waals surface area contributed by atoms with Gasteiger partial charge in [0.1, 0.15) is 18.3 Å². The number of hydrogen-bond donors (Lipinski definition) is 1. The molecule has 4 aromatic rings. The van der Waals surface area contributed by atoms with E-state index in [1.54, 1.807) is 12.0 Å². The number of nitrogens with zero attached hydrogens (tertiary/aromatic N) is 5. The first-order chi connectivity index (χ1) is 18.1. The lowest BCUT2D eigenvalue weighted by Crippen LogP contribution is -2.47. The summed E-state index contributed by atoms with van der Waals surface area (Å²) >= 11 is 1.45.